The van der Waals surface area contributed by atoms with Crippen molar-refractivity contribution in [1.82, 2.24) is 9.88 Å². The van der Waals surface area contributed by atoms with Crippen LogP contribution in [-0.2, 0) is 11.3 Å². The van der Waals surface area contributed by atoms with Crippen molar-refractivity contribution < 1.29 is 9.53 Å². The smallest absolute Gasteiger partial charge is 0.257 e. The van der Waals surface area contributed by atoms with Crippen molar-refractivity contribution in [1.29, 1.82) is 0 Å². The molecule has 1 aliphatic rings. The first kappa shape index (κ1) is 18.2. The van der Waals surface area contributed by atoms with Gasteiger partial charge in [-0.05, 0) is 33.6 Å². The first-order valence-corrected chi connectivity index (χ1v) is 9.20. The molecular formula is C18H19BrClN3O2. The number of benzene rings is 1. The van der Waals surface area contributed by atoms with E-state index in [1.807, 2.05) is 12.1 Å². The van der Waals surface area contributed by atoms with Crippen LogP contribution in [-0.4, -0.2) is 49.1 Å². The molecule has 0 radical (unpaired) electrons. The third-order valence-corrected chi connectivity index (χ3v) is 4.87. The normalized spacial score (nSPS) is 14.4. The van der Waals surface area contributed by atoms with Gasteiger partial charge in [-0.3, -0.25) is 4.79 Å². The Kier molecular flexibility index (Phi) is 5.93. The first-order valence-electron chi connectivity index (χ1n) is 8.03. The summed E-state index contributed by atoms with van der Waals surface area (Å²) < 4.78 is 6.15. The fraction of sp³-hybridized carbons (Fsp3) is 0.333. The average molecular weight is 425 g/mol. The zero-order valence-corrected chi connectivity index (χ0v) is 16.3. The summed E-state index contributed by atoms with van der Waals surface area (Å²) in [5.74, 6) is -0.157. The second-order valence-corrected chi connectivity index (χ2v) is 7.15. The van der Waals surface area contributed by atoms with Gasteiger partial charge in [0.25, 0.3) is 5.91 Å². The monoisotopic (exact) mass is 423 g/mol. The summed E-state index contributed by atoms with van der Waals surface area (Å²) in [5.41, 5.74) is 2.63. The Morgan fingerprint density at radius 2 is 2.08 bits per heavy atom. The van der Waals surface area contributed by atoms with Gasteiger partial charge in [0.1, 0.15) is 5.15 Å². The van der Waals surface area contributed by atoms with Gasteiger partial charge in [0, 0.05) is 43.0 Å². The first-order chi connectivity index (χ1) is 12.1. The largest absolute Gasteiger partial charge is 0.378 e. The van der Waals surface area contributed by atoms with E-state index in [0.29, 0.717) is 12.1 Å². The molecule has 0 bridgehead atoms. The summed E-state index contributed by atoms with van der Waals surface area (Å²) >= 11 is 9.42. The fourth-order valence-corrected chi connectivity index (χ4v) is 3.38. The standard InChI is InChI=1S/C18H19BrClN3O2/c1-22(18(24)15-10-14(19)11-21-17(15)20)12-13-4-2-3-5-16(13)23-6-8-25-9-7-23/h2-5,10-11H,6-9,12H2,1H3. The maximum Gasteiger partial charge on any atom is 0.257 e. The molecule has 1 amide bonds. The fourth-order valence-electron chi connectivity index (χ4n) is 2.86. The van der Waals surface area contributed by atoms with Crippen LogP contribution in [0, 0.1) is 0 Å². The number of nitrogens with zero attached hydrogens (tertiary/aromatic N) is 3. The van der Waals surface area contributed by atoms with Gasteiger partial charge < -0.3 is 14.5 Å². The summed E-state index contributed by atoms with van der Waals surface area (Å²) in [7, 11) is 1.77. The Hall–Kier alpha value is -1.63. The number of anilines is 1. The summed E-state index contributed by atoms with van der Waals surface area (Å²) in [6.07, 6.45) is 1.58. The molecule has 3 rings (SSSR count). The second-order valence-electron chi connectivity index (χ2n) is 5.88. The Morgan fingerprint density at radius 1 is 1.36 bits per heavy atom. The molecule has 25 heavy (non-hydrogen) atoms. The number of hydrogen-bond donors (Lipinski definition) is 0. The molecule has 2 heterocycles. The van der Waals surface area contributed by atoms with E-state index in [4.69, 9.17) is 16.3 Å². The molecule has 0 N–H and O–H groups in total. The van der Waals surface area contributed by atoms with E-state index in [9.17, 15) is 4.79 Å². The molecule has 5 nitrogen and oxygen atoms in total. The molecule has 0 saturated carbocycles. The lowest BCUT2D eigenvalue weighted by Gasteiger charge is -2.31. The van der Waals surface area contributed by atoms with Crippen LogP contribution >= 0.6 is 27.5 Å². The van der Waals surface area contributed by atoms with Crippen molar-refractivity contribution in [2.75, 3.05) is 38.3 Å². The second kappa shape index (κ2) is 8.17. The Labute approximate surface area is 160 Å². The van der Waals surface area contributed by atoms with Gasteiger partial charge in [-0.25, -0.2) is 4.98 Å². The number of halogens is 2. The number of para-hydroxylation sites is 1. The SMILES string of the molecule is CN(Cc1ccccc1N1CCOCC1)C(=O)c1cc(Br)cnc1Cl. The van der Waals surface area contributed by atoms with Gasteiger partial charge in [0.05, 0.1) is 18.8 Å². The minimum Gasteiger partial charge on any atom is -0.378 e. The van der Waals surface area contributed by atoms with Crippen LogP contribution in [0.3, 0.4) is 0 Å². The summed E-state index contributed by atoms with van der Waals surface area (Å²) in [6, 6.07) is 9.85. The highest BCUT2D eigenvalue weighted by Gasteiger charge is 2.20. The molecule has 0 spiro atoms. The molecule has 1 saturated heterocycles. The van der Waals surface area contributed by atoms with Crippen LogP contribution in [0.1, 0.15) is 15.9 Å². The quantitative estimate of drug-likeness (QED) is 0.704. The summed E-state index contributed by atoms with van der Waals surface area (Å²) in [5, 5.41) is 0.210. The van der Waals surface area contributed by atoms with Gasteiger partial charge in [-0.1, -0.05) is 29.8 Å². The number of amides is 1. The van der Waals surface area contributed by atoms with E-state index in [0.717, 1.165) is 42.0 Å². The van der Waals surface area contributed by atoms with Crippen LogP contribution in [0.25, 0.3) is 0 Å². The van der Waals surface area contributed by atoms with Crippen LogP contribution in [0.2, 0.25) is 5.15 Å². The Morgan fingerprint density at radius 3 is 2.84 bits per heavy atom. The van der Waals surface area contributed by atoms with E-state index < -0.39 is 0 Å². The minimum absolute atomic E-state index is 0.157. The molecule has 1 aliphatic heterocycles. The zero-order valence-electron chi connectivity index (χ0n) is 13.9. The third kappa shape index (κ3) is 4.32. The Bertz CT molecular complexity index is 766. The van der Waals surface area contributed by atoms with Crippen LogP contribution in [0.5, 0.6) is 0 Å². The molecule has 1 fully saturated rings. The molecule has 0 aliphatic carbocycles. The Balaban J connectivity index is 1.80. The maximum atomic E-state index is 12.8. The molecule has 132 valence electrons. The lowest BCUT2D eigenvalue weighted by molar-refractivity contribution is 0.0784. The molecular weight excluding hydrogens is 406 g/mol. The molecule has 1 aromatic carbocycles. The highest BCUT2D eigenvalue weighted by atomic mass is 79.9. The number of carbonyl (C=O) groups excluding carboxylic acids is 1. The number of aromatic nitrogens is 1. The molecule has 0 atom stereocenters. The van der Waals surface area contributed by atoms with E-state index in [1.54, 1.807) is 24.2 Å². The summed E-state index contributed by atoms with van der Waals surface area (Å²) in [4.78, 5) is 20.7. The van der Waals surface area contributed by atoms with E-state index in [-0.39, 0.29) is 11.1 Å². The number of ether oxygens (including phenoxy) is 1. The highest BCUT2D eigenvalue weighted by molar-refractivity contribution is 9.10. The highest BCUT2D eigenvalue weighted by Crippen LogP contribution is 2.24. The summed E-state index contributed by atoms with van der Waals surface area (Å²) in [6.45, 7) is 3.66. The minimum atomic E-state index is -0.157. The third-order valence-electron chi connectivity index (χ3n) is 4.13. The molecule has 0 unspecified atom stereocenters. The van der Waals surface area contributed by atoms with Crippen molar-refractivity contribution in [2.45, 2.75) is 6.54 Å². The lowest BCUT2D eigenvalue weighted by atomic mass is 10.1. The lowest BCUT2D eigenvalue weighted by Crippen LogP contribution is -2.37. The van der Waals surface area contributed by atoms with E-state index >= 15 is 0 Å². The van der Waals surface area contributed by atoms with Crippen LogP contribution in [0.15, 0.2) is 41.0 Å². The topological polar surface area (TPSA) is 45.7 Å². The predicted molar refractivity (Wildman–Crippen MR) is 102 cm³/mol. The van der Waals surface area contributed by atoms with Crippen molar-refractivity contribution in [3.8, 4) is 0 Å². The average Bonchev–Trinajstić information content (AvgIpc) is 2.64. The van der Waals surface area contributed by atoms with Gasteiger partial charge in [0.15, 0.2) is 0 Å². The number of carbonyl (C=O) groups is 1. The van der Waals surface area contributed by atoms with Crippen molar-refractivity contribution in [3.63, 3.8) is 0 Å². The number of pyridine rings is 1. The van der Waals surface area contributed by atoms with E-state index in [1.165, 1.54) is 0 Å². The van der Waals surface area contributed by atoms with Gasteiger partial charge in [-0.15, -0.1) is 0 Å². The van der Waals surface area contributed by atoms with Gasteiger partial charge in [0.2, 0.25) is 0 Å². The molecule has 1 aromatic heterocycles. The van der Waals surface area contributed by atoms with Crippen LogP contribution in [0.4, 0.5) is 5.69 Å². The zero-order chi connectivity index (χ0) is 17.8. The van der Waals surface area contributed by atoms with E-state index in [2.05, 4.69) is 37.9 Å². The predicted octanol–water partition coefficient (Wildman–Crippen LogP) is 3.61. The molecule has 7 heteroatoms. The van der Waals surface area contributed by atoms with Crippen molar-refractivity contribution in [2.24, 2.45) is 0 Å². The van der Waals surface area contributed by atoms with Crippen LogP contribution < -0.4 is 4.90 Å². The van der Waals surface area contributed by atoms with Gasteiger partial charge in [-0.2, -0.15) is 0 Å². The molecule has 2 aromatic rings. The maximum absolute atomic E-state index is 12.8. The van der Waals surface area contributed by atoms with Crippen molar-refractivity contribution in [3.05, 3.63) is 57.3 Å². The number of morpholine rings is 1. The number of hydrogen-bond acceptors (Lipinski definition) is 4. The number of rotatable bonds is 4. The van der Waals surface area contributed by atoms with Gasteiger partial charge >= 0.3 is 0 Å². The van der Waals surface area contributed by atoms with Crippen molar-refractivity contribution >= 4 is 39.1 Å².